The summed E-state index contributed by atoms with van der Waals surface area (Å²) in [6.07, 6.45) is 10.1. The van der Waals surface area contributed by atoms with E-state index in [1.165, 1.54) is 0 Å². The minimum absolute atomic E-state index is 0.00354. The Labute approximate surface area is 211 Å². The Hall–Kier alpha value is -2.97. The minimum atomic E-state index is -1.28. The number of rotatable bonds is 6. The van der Waals surface area contributed by atoms with Crippen molar-refractivity contribution in [2.45, 2.75) is 56.4 Å². The molecule has 0 saturated carbocycles. The first-order valence-electron chi connectivity index (χ1n) is 12.9. The molecule has 2 amide bonds. The van der Waals surface area contributed by atoms with Crippen LogP contribution in [0.1, 0.15) is 38.2 Å². The summed E-state index contributed by atoms with van der Waals surface area (Å²) in [5.41, 5.74) is -1.36. The van der Waals surface area contributed by atoms with Gasteiger partial charge in [0, 0.05) is 26.2 Å². The Kier molecular flexibility index (Phi) is 6.74. The molecule has 2 saturated heterocycles. The van der Waals surface area contributed by atoms with Crippen LogP contribution < -0.4 is 0 Å². The van der Waals surface area contributed by atoms with Crippen LogP contribution >= 0.6 is 0 Å². The Balaban J connectivity index is 1.57. The van der Waals surface area contributed by atoms with Crippen molar-refractivity contribution in [3.8, 4) is 0 Å². The predicted molar refractivity (Wildman–Crippen MR) is 131 cm³/mol. The zero-order chi connectivity index (χ0) is 25.3. The molecular weight excluding hydrogens is 460 g/mol. The monoisotopic (exact) mass is 494 g/mol. The highest BCUT2D eigenvalue weighted by Gasteiger charge is 2.74. The molecule has 1 aromatic carbocycles. The van der Waals surface area contributed by atoms with Gasteiger partial charge >= 0.3 is 5.97 Å². The number of benzene rings is 1. The number of unbranched alkanes of at least 4 members (excludes halogenated alkanes) is 1. The SMILES string of the molecule is C[C@]12/C=C\CCCOC(=O)[C@H]1[C@H]1C(=O)N(CCCCO)C3C(=O)N(Cc4ccccc4)CC=C[C@@]31O2. The first-order valence-corrected chi connectivity index (χ1v) is 12.9. The maximum Gasteiger partial charge on any atom is 0.313 e. The molecule has 4 aliphatic rings. The second kappa shape index (κ2) is 9.82. The number of aliphatic hydroxyl groups excluding tert-OH is 1. The quantitative estimate of drug-likeness (QED) is 0.370. The smallest absolute Gasteiger partial charge is 0.313 e. The summed E-state index contributed by atoms with van der Waals surface area (Å²) in [4.78, 5) is 44.9. The van der Waals surface area contributed by atoms with Crippen molar-refractivity contribution in [1.82, 2.24) is 9.80 Å². The highest BCUT2D eigenvalue weighted by Crippen LogP contribution is 2.57. The summed E-state index contributed by atoms with van der Waals surface area (Å²) in [5, 5.41) is 9.33. The summed E-state index contributed by atoms with van der Waals surface area (Å²) in [6.45, 7) is 3.19. The van der Waals surface area contributed by atoms with E-state index < -0.39 is 35.0 Å². The average molecular weight is 495 g/mol. The van der Waals surface area contributed by atoms with E-state index in [-0.39, 0.29) is 25.0 Å². The number of ether oxygens (including phenoxy) is 2. The number of amides is 2. The first kappa shape index (κ1) is 24.7. The fourth-order valence-corrected chi connectivity index (χ4v) is 6.26. The topological polar surface area (TPSA) is 96.4 Å². The summed E-state index contributed by atoms with van der Waals surface area (Å²) >= 11 is 0. The maximum atomic E-state index is 14.2. The Morgan fingerprint density at radius 2 is 1.83 bits per heavy atom. The summed E-state index contributed by atoms with van der Waals surface area (Å²) in [6, 6.07) is 8.84. The van der Waals surface area contributed by atoms with Crippen LogP contribution in [-0.4, -0.2) is 76.2 Å². The van der Waals surface area contributed by atoms with E-state index in [0.717, 1.165) is 12.0 Å². The van der Waals surface area contributed by atoms with E-state index >= 15 is 0 Å². The number of esters is 1. The van der Waals surface area contributed by atoms with Gasteiger partial charge in [0.25, 0.3) is 0 Å². The highest BCUT2D eigenvalue weighted by atomic mass is 16.6. The second-order valence-corrected chi connectivity index (χ2v) is 10.3. The van der Waals surface area contributed by atoms with Crippen LogP contribution in [0.5, 0.6) is 0 Å². The molecule has 1 N–H and O–H groups in total. The van der Waals surface area contributed by atoms with Gasteiger partial charge in [-0.3, -0.25) is 14.4 Å². The van der Waals surface area contributed by atoms with Crippen molar-refractivity contribution in [2.24, 2.45) is 11.8 Å². The van der Waals surface area contributed by atoms with Crippen LogP contribution in [0.25, 0.3) is 0 Å². The van der Waals surface area contributed by atoms with Crippen LogP contribution in [0.15, 0.2) is 54.6 Å². The largest absolute Gasteiger partial charge is 0.465 e. The Bertz CT molecular complexity index is 1070. The molecule has 4 aliphatic heterocycles. The molecule has 0 radical (unpaired) electrons. The van der Waals surface area contributed by atoms with Gasteiger partial charge < -0.3 is 24.4 Å². The van der Waals surface area contributed by atoms with Crippen molar-refractivity contribution >= 4 is 17.8 Å². The predicted octanol–water partition coefficient (Wildman–Crippen LogP) is 2.22. The third-order valence-corrected chi connectivity index (χ3v) is 7.86. The molecule has 0 aliphatic carbocycles. The second-order valence-electron chi connectivity index (χ2n) is 10.3. The molecule has 2 fully saturated rings. The molecule has 0 aromatic heterocycles. The molecule has 1 unspecified atom stereocenters. The van der Waals surface area contributed by atoms with Crippen LogP contribution in [0.4, 0.5) is 0 Å². The van der Waals surface area contributed by atoms with Gasteiger partial charge in [-0.15, -0.1) is 0 Å². The lowest BCUT2D eigenvalue weighted by Crippen LogP contribution is -2.55. The number of hydrogen-bond acceptors (Lipinski definition) is 6. The van der Waals surface area contributed by atoms with Gasteiger partial charge in [-0.25, -0.2) is 0 Å². The van der Waals surface area contributed by atoms with Crippen LogP contribution in [0, 0.1) is 11.8 Å². The van der Waals surface area contributed by atoms with E-state index in [9.17, 15) is 19.5 Å². The van der Waals surface area contributed by atoms with Gasteiger partial charge in [0.2, 0.25) is 11.8 Å². The summed E-state index contributed by atoms with van der Waals surface area (Å²) < 4.78 is 12.3. The molecule has 4 heterocycles. The number of allylic oxidation sites excluding steroid dienone is 1. The minimum Gasteiger partial charge on any atom is -0.465 e. The number of cyclic esters (lactones) is 1. The number of fused-ring (bicyclic) bond motifs is 2. The van der Waals surface area contributed by atoms with E-state index in [1.807, 2.05) is 61.6 Å². The van der Waals surface area contributed by atoms with E-state index in [1.54, 1.807) is 9.80 Å². The Morgan fingerprint density at radius 1 is 1.03 bits per heavy atom. The lowest BCUT2D eigenvalue weighted by Gasteiger charge is -2.37. The van der Waals surface area contributed by atoms with Crippen molar-refractivity contribution in [1.29, 1.82) is 0 Å². The van der Waals surface area contributed by atoms with E-state index in [2.05, 4.69) is 0 Å². The number of aliphatic hydroxyl groups is 1. The normalized spacial score (nSPS) is 34.7. The summed E-state index contributed by atoms with van der Waals surface area (Å²) in [5.74, 6) is -2.65. The molecule has 5 atom stereocenters. The molecule has 0 bridgehead atoms. The van der Waals surface area contributed by atoms with Gasteiger partial charge in [0.05, 0.1) is 18.1 Å². The molecule has 8 heteroatoms. The van der Waals surface area contributed by atoms with Crippen molar-refractivity contribution in [3.05, 3.63) is 60.2 Å². The van der Waals surface area contributed by atoms with Gasteiger partial charge in [-0.1, -0.05) is 54.6 Å². The fourth-order valence-electron chi connectivity index (χ4n) is 6.26. The molecule has 1 spiro atoms. The van der Waals surface area contributed by atoms with E-state index in [0.29, 0.717) is 38.9 Å². The molecule has 8 nitrogen and oxygen atoms in total. The van der Waals surface area contributed by atoms with Crippen molar-refractivity contribution < 1.29 is 29.0 Å². The Morgan fingerprint density at radius 3 is 2.61 bits per heavy atom. The number of carbonyl (C=O) groups is 3. The number of likely N-dealkylation sites (tertiary alicyclic amines) is 1. The fraction of sp³-hybridized carbons (Fsp3) is 0.536. The standard InChI is InChI=1S/C28H34N2O6/c1-27-13-6-3-9-18-35-26(34)22(27)21-24(32)30(16-7-8-17-31)23-25(33)29(15-10-14-28(21,23)36-27)19-20-11-4-2-5-12-20/h2,4-6,10-14,21-23,31H,3,7-9,15-19H2,1H3/b13-6-/t21-,22+,23?,27-,28-/m0/s1. The highest BCUT2D eigenvalue weighted by molar-refractivity contribution is 5.99. The molecule has 5 rings (SSSR count). The van der Waals surface area contributed by atoms with Crippen LogP contribution in [0.2, 0.25) is 0 Å². The zero-order valence-corrected chi connectivity index (χ0v) is 20.7. The first-order chi connectivity index (χ1) is 17.4. The van der Waals surface area contributed by atoms with Crippen molar-refractivity contribution in [3.63, 3.8) is 0 Å². The molecule has 1 aromatic rings. The molecular formula is C28H34N2O6. The zero-order valence-electron chi connectivity index (χ0n) is 20.7. The van der Waals surface area contributed by atoms with Gasteiger partial charge in [-0.05, 0) is 38.2 Å². The number of nitrogens with zero attached hydrogens (tertiary/aromatic N) is 2. The van der Waals surface area contributed by atoms with Crippen LogP contribution in [-0.2, 0) is 30.4 Å². The average Bonchev–Trinajstić information content (AvgIpc) is 3.21. The van der Waals surface area contributed by atoms with Gasteiger partial charge in [0.15, 0.2) is 0 Å². The van der Waals surface area contributed by atoms with Gasteiger partial charge in [0.1, 0.15) is 17.6 Å². The lowest BCUT2D eigenvalue weighted by molar-refractivity contribution is -0.159. The number of carbonyl (C=O) groups excluding carboxylic acids is 3. The molecule has 36 heavy (non-hydrogen) atoms. The van der Waals surface area contributed by atoms with Gasteiger partial charge in [-0.2, -0.15) is 0 Å². The summed E-state index contributed by atoms with van der Waals surface area (Å²) in [7, 11) is 0. The lowest BCUT2D eigenvalue weighted by atomic mass is 9.74. The third kappa shape index (κ3) is 4.06. The van der Waals surface area contributed by atoms with Crippen LogP contribution in [0.3, 0.4) is 0 Å². The third-order valence-electron chi connectivity index (χ3n) is 7.86. The maximum absolute atomic E-state index is 14.2. The molecule has 192 valence electrons. The van der Waals surface area contributed by atoms with E-state index in [4.69, 9.17) is 9.47 Å². The van der Waals surface area contributed by atoms with Crippen molar-refractivity contribution in [2.75, 3.05) is 26.3 Å². The number of hydrogen-bond donors (Lipinski definition) is 1.